The minimum Gasteiger partial charge on any atom is -1.00 e. The van der Waals surface area contributed by atoms with Crippen molar-refractivity contribution in [2.45, 2.75) is 20.8 Å². The number of H-pyrrole nitrogens is 1. The number of aryl methyl sites for hydroxylation is 1. The van der Waals surface area contributed by atoms with E-state index >= 15 is 0 Å². The second kappa shape index (κ2) is 8.08. The Labute approximate surface area is 172 Å². The molecule has 0 fully saturated rings. The van der Waals surface area contributed by atoms with E-state index in [4.69, 9.17) is 0 Å². The Kier molecular flexibility index (Phi) is 6.54. The van der Waals surface area contributed by atoms with Gasteiger partial charge in [-0.3, -0.25) is 0 Å². The smallest absolute Gasteiger partial charge is 1.00 e. The standard InChI is InChI=1S/C12H11.C9H8N.2ClH.Zr/c1-9(2)12-7-10-5-3-4-6-11(10)8-12;1-7-6-10-9-5-3-2-4-8(7)9;;;/h3-7H,1-2H3;2-5,10H,1H3;2*1H;/q;;;;+2/p-2. The number of benzene rings is 2. The summed E-state index contributed by atoms with van der Waals surface area (Å²) in [6.45, 7) is 6.73. The van der Waals surface area contributed by atoms with E-state index in [1.807, 2.05) is 0 Å². The second-order valence-corrected chi connectivity index (χ2v) is 9.39. The zero-order valence-electron chi connectivity index (χ0n) is 14.5. The molecule has 25 heavy (non-hydrogen) atoms. The van der Waals surface area contributed by atoms with Crippen LogP contribution in [0.3, 0.4) is 0 Å². The third kappa shape index (κ3) is 3.58. The van der Waals surface area contributed by atoms with Crippen LogP contribution >= 0.6 is 0 Å². The molecule has 0 amide bonds. The normalized spacial score (nSPS) is 12.0. The topological polar surface area (TPSA) is 15.8 Å². The van der Waals surface area contributed by atoms with E-state index in [0.29, 0.717) is 0 Å². The van der Waals surface area contributed by atoms with Gasteiger partial charge in [0.05, 0.1) is 0 Å². The fraction of sp³-hybridized carbons (Fsp3) is 0.143. The summed E-state index contributed by atoms with van der Waals surface area (Å²) in [7, 11) is 0. The molecule has 1 aromatic heterocycles. The van der Waals surface area contributed by atoms with Gasteiger partial charge in [0.25, 0.3) is 0 Å². The van der Waals surface area contributed by atoms with Gasteiger partial charge in [0.15, 0.2) is 0 Å². The zero-order chi connectivity index (χ0) is 16.0. The number of fused-ring (bicyclic) bond motifs is 2. The monoisotopic (exact) mass is 445 g/mol. The van der Waals surface area contributed by atoms with Crippen molar-refractivity contribution in [1.82, 2.24) is 4.98 Å². The van der Waals surface area contributed by atoms with E-state index in [9.17, 15) is 0 Å². The first-order chi connectivity index (χ1) is 11.1. The van der Waals surface area contributed by atoms with Crippen LogP contribution in [0.5, 0.6) is 0 Å². The molecule has 0 bridgehead atoms. The fourth-order valence-electron chi connectivity index (χ4n) is 3.28. The van der Waals surface area contributed by atoms with Crippen LogP contribution in [0.2, 0.25) is 0 Å². The number of nitrogens with one attached hydrogen (secondary N) is 1. The van der Waals surface area contributed by atoms with Crippen molar-refractivity contribution in [3.05, 3.63) is 75.7 Å². The van der Waals surface area contributed by atoms with Gasteiger partial charge in [0.1, 0.15) is 0 Å². The SMILES string of the molecule is CC(C)=C1C=c2ccccc2=[C]1[Zr+2][c]1[nH]c2ccccc2c1C.[Cl-].[Cl-]. The van der Waals surface area contributed by atoms with Crippen molar-refractivity contribution in [2.24, 2.45) is 0 Å². The molecular formula is C21H19Cl2NZr. The van der Waals surface area contributed by atoms with Crippen LogP contribution in [0.15, 0.2) is 59.7 Å². The summed E-state index contributed by atoms with van der Waals surface area (Å²) in [5.41, 5.74) is 5.61. The average Bonchev–Trinajstić information content (AvgIpc) is 3.08. The van der Waals surface area contributed by atoms with Gasteiger partial charge in [-0.05, 0) is 0 Å². The van der Waals surface area contributed by atoms with Gasteiger partial charge >= 0.3 is 148 Å². The van der Waals surface area contributed by atoms with Crippen LogP contribution in [-0.4, -0.2) is 4.98 Å². The largest absolute Gasteiger partial charge is 1.00 e. The van der Waals surface area contributed by atoms with Crippen molar-refractivity contribution in [1.29, 1.82) is 0 Å². The molecule has 4 rings (SSSR count). The molecule has 3 aromatic rings. The predicted octanol–water partition coefficient (Wildman–Crippen LogP) is -2.87. The molecule has 1 heterocycles. The Balaban J connectivity index is 0.00000113. The van der Waals surface area contributed by atoms with Gasteiger partial charge in [-0.25, -0.2) is 0 Å². The molecule has 1 aliphatic carbocycles. The van der Waals surface area contributed by atoms with E-state index in [1.54, 1.807) is 3.28 Å². The molecule has 0 spiro atoms. The van der Waals surface area contributed by atoms with Crippen LogP contribution < -0.4 is 38.7 Å². The number of aromatic amines is 1. The van der Waals surface area contributed by atoms with Gasteiger partial charge in [0.2, 0.25) is 0 Å². The Bertz CT molecular complexity index is 1070. The molecule has 1 nitrogen and oxygen atoms in total. The van der Waals surface area contributed by atoms with E-state index < -0.39 is 23.2 Å². The summed E-state index contributed by atoms with van der Waals surface area (Å²) >= 11 is -0.887. The molecule has 0 saturated heterocycles. The predicted molar refractivity (Wildman–Crippen MR) is 94.6 cm³/mol. The maximum atomic E-state index is 3.70. The van der Waals surface area contributed by atoms with Crippen molar-refractivity contribution in [3.63, 3.8) is 0 Å². The number of aromatic nitrogens is 1. The van der Waals surface area contributed by atoms with E-state index in [0.717, 1.165) is 0 Å². The number of allylic oxidation sites excluding steroid dienone is 2. The first kappa shape index (κ1) is 20.2. The molecule has 1 aliphatic rings. The Morgan fingerprint density at radius 2 is 1.60 bits per heavy atom. The van der Waals surface area contributed by atoms with Gasteiger partial charge in [-0.1, -0.05) is 0 Å². The van der Waals surface area contributed by atoms with Crippen molar-refractivity contribution < 1.29 is 48.0 Å². The average molecular weight is 448 g/mol. The molecular weight excluding hydrogens is 428 g/mol. The van der Waals surface area contributed by atoms with E-state index in [1.165, 1.54) is 41.5 Å². The van der Waals surface area contributed by atoms with Crippen LogP contribution in [0.4, 0.5) is 0 Å². The minimum absolute atomic E-state index is 0. The summed E-state index contributed by atoms with van der Waals surface area (Å²) in [6.07, 6.45) is 2.37. The van der Waals surface area contributed by atoms with Crippen LogP contribution in [-0.2, 0) is 23.2 Å². The molecule has 0 unspecified atom stereocenters. The Hall–Kier alpha value is -1.08. The summed E-state index contributed by atoms with van der Waals surface area (Å²) < 4.78 is 3.10. The van der Waals surface area contributed by atoms with Gasteiger partial charge in [-0.15, -0.1) is 0 Å². The van der Waals surface area contributed by atoms with Crippen LogP contribution in [0.1, 0.15) is 19.4 Å². The summed E-state index contributed by atoms with van der Waals surface area (Å²) in [5, 5.41) is 4.21. The van der Waals surface area contributed by atoms with Gasteiger partial charge in [0, 0.05) is 0 Å². The molecule has 0 atom stereocenters. The van der Waals surface area contributed by atoms with E-state index in [2.05, 4.69) is 80.4 Å². The molecule has 1 N–H and O–H groups in total. The second-order valence-electron chi connectivity index (χ2n) is 6.32. The maximum Gasteiger partial charge on any atom is -1.00 e. The number of hydrogen-bond donors (Lipinski definition) is 1. The number of rotatable bonds is 2. The third-order valence-electron chi connectivity index (χ3n) is 4.55. The maximum absolute atomic E-state index is 3.70. The summed E-state index contributed by atoms with van der Waals surface area (Å²) in [4.78, 5) is 3.70. The number of para-hydroxylation sites is 1. The molecule has 4 heteroatoms. The van der Waals surface area contributed by atoms with Gasteiger partial charge < -0.3 is 24.8 Å². The van der Waals surface area contributed by atoms with Crippen molar-refractivity contribution in [3.8, 4) is 0 Å². The van der Waals surface area contributed by atoms with Crippen molar-refractivity contribution in [2.75, 3.05) is 0 Å². The van der Waals surface area contributed by atoms with Crippen LogP contribution in [0.25, 0.3) is 20.3 Å². The van der Waals surface area contributed by atoms with Crippen molar-refractivity contribution >= 4 is 23.7 Å². The number of hydrogen-bond acceptors (Lipinski definition) is 0. The van der Waals surface area contributed by atoms with Crippen LogP contribution in [0, 0.1) is 6.92 Å². The Morgan fingerprint density at radius 1 is 0.920 bits per heavy atom. The van der Waals surface area contributed by atoms with E-state index in [-0.39, 0.29) is 24.8 Å². The first-order valence-corrected chi connectivity index (χ1v) is 10.4. The summed E-state index contributed by atoms with van der Waals surface area (Å²) in [5.74, 6) is 0. The zero-order valence-corrected chi connectivity index (χ0v) is 18.4. The molecule has 2 aromatic carbocycles. The molecule has 126 valence electrons. The number of halogens is 2. The first-order valence-electron chi connectivity index (χ1n) is 7.98. The Morgan fingerprint density at radius 3 is 2.32 bits per heavy atom. The quantitative estimate of drug-likeness (QED) is 0.435. The summed E-state index contributed by atoms with van der Waals surface area (Å²) in [6, 6.07) is 17.5. The minimum atomic E-state index is -0.887. The molecule has 0 aliphatic heterocycles. The van der Waals surface area contributed by atoms with Gasteiger partial charge in [-0.2, -0.15) is 0 Å². The molecule has 0 saturated carbocycles. The fourth-order valence-corrected chi connectivity index (χ4v) is 7.19. The molecule has 0 radical (unpaired) electrons. The third-order valence-corrected chi connectivity index (χ3v) is 8.34.